The first-order chi connectivity index (χ1) is 19.3. The van der Waals surface area contributed by atoms with Crippen molar-refractivity contribution in [2.75, 3.05) is 4.90 Å². The molecule has 1 N–H and O–H groups in total. The molecule has 6 rings (SSSR count). The number of pyridine rings is 1. The Kier molecular flexibility index (Phi) is 6.68. The number of nitrogens with zero attached hydrogens (tertiary/aromatic N) is 5. The van der Waals surface area contributed by atoms with Gasteiger partial charge in [0.1, 0.15) is 23.2 Å². The van der Waals surface area contributed by atoms with Gasteiger partial charge in [0, 0.05) is 17.5 Å². The Morgan fingerprint density at radius 3 is 2.52 bits per heavy atom. The second kappa shape index (κ2) is 10.3. The number of Topliss-reactive ketones (excluding diaryl/α,β-unsaturated/α-hetero) is 1. The Hall–Kier alpha value is -4.35. The SMILES string of the molecule is Cc1cccn2c(C)c(C(O)=C3C(=O)C(=O)N(c4nnc(SCc5ccccc5)s4)C3c3ccccc3F)nc12. The van der Waals surface area contributed by atoms with Gasteiger partial charge in [-0.25, -0.2) is 9.37 Å². The number of halogens is 1. The van der Waals surface area contributed by atoms with E-state index in [0.29, 0.717) is 21.4 Å². The molecule has 2 aromatic carbocycles. The lowest BCUT2D eigenvalue weighted by Gasteiger charge is -2.22. The largest absolute Gasteiger partial charge is 0.505 e. The summed E-state index contributed by atoms with van der Waals surface area (Å²) in [4.78, 5) is 32.6. The van der Waals surface area contributed by atoms with Crippen LogP contribution in [0.4, 0.5) is 9.52 Å². The second-order valence-corrected chi connectivity index (χ2v) is 11.4. The Bertz CT molecular complexity index is 1820. The molecule has 11 heteroatoms. The molecule has 8 nitrogen and oxygen atoms in total. The summed E-state index contributed by atoms with van der Waals surface area (Å²) in [5.74, 6) is -2.35. The molecular formula is C29H22FN5O3S2. The smallest absolute Gasteiger partial charge is 0.301 e. The number of benzene rings is 2. The summed E-state index contributed by atoms with van der Waals surface area (Å²) in [7, 11) is 0. The fourth-order valence-electron chi connectivity index (χ4n) is 4.77. The Labute approximate surface area is 236 Å². The first-order valence-corrected chi connectivity index (χ1v) is 14.2. The van der Waals surface area contributed by atoms with Gasteiger partial charge in [-0.3, -0.25) is 14.5 Å². The van der Waals surface area contributed by atoms with E-state index < -0.39 is 29.3 Å². The quantitative estimate of drug-likeness (QED) is 0.0896. The Morgan fingerprint density at radius 1 is 1.02 bits per heavy atom. The molecule has 0 radical (unpaired) electrons. The normalized spacial score (nSPS) is 16.8. The number of rotatable bonds is 6. The number of carbonyl (C=O) groups is 2. The number of ketones is 1. The molecule has 1 atom stereocenters. The van der Waals surface area contributed by atoms with Crippen LogP contribution in [-0.2, 0) is 15.3 Å². The van der Waals surface area contributed by atoms with Gasteiger partial charge >= 0.3 is 5.91 Å². The van der Waals surface area contributed by atoms with Crippen molar-refractivity contribution in [3.8, 4) is 0 Å². The van der Waals surface area contributed by atoms with E-state index in [1.165, 1.54) is 30.0 Å². The summed E-state index contributed by atoms with van der Waals surface area (Å²) in [6, 6.07) is 18.1. The second-order valence-electron chi connectivity index (χ2n) is 9.25. The molecule has 1 aliphatic heterocycles. The van der Waals surface area contributed by atoms with Gasteiger partial charge in [-0.15, -0.1) is 10.2 Å². The lowest BCUT2D eigenvalue weighted by atomic mass is 9.96. The third-order valence-electron chi connectivity index (χ3n) is 6.76. The number of fused-ring (bicyclic) bond motifs is 1. The van der Waals surface area contributed by atoms with Crippen LogP contribution in [0.2, 0.25) is 0 Å². The van der Waals surface area contributed by atoms with E-state index in [0.717, 1.165) is 27.4 Å². The molecule has 1 aliphatic rings. The summed E-state index contributed by atoms with van der Waals surface area (Å²) in [6.45, 7) is 3.64. The molecule has 4 heterocycles. The van der Waals surface area contributed by atoms with Crippen LogP contribution in [0.1, 0.15) is 34.1 Å². The van der Waals surface area contributed by atoms with Crippen LogP contribution in [0.5, 0.6) is 0 Å². The van der Waals surface area contributed by atoms with Crippen molar-refractivity contribution in [3.05, 3.63) is 112 Å². The number of aryl methyl sites for hydroxylation is 2. The fourth-order valence-corrected chi connectivity index (χ4v) is 6.60. The van der Waals surface area contributed by atoms with Crippen LogP contribution in [0.25, 0.3) is 11.4 Å². The Balaban J connectivity index is 1.46. The average molecular weight is 572 g/mol. The predicted octanol–water partition coefficient (Wildman–Crippen LogP) is 5.86. The average Bonchev–Trinajstić information content (AvgIpc) is 3.63. The van der Waals surface area contributed by atoms with E-state index in [9.17, 15) is 14.7 Å². The van der Waals surface area contributed by atoms with Gasteiger partial charge < -0.3 is 9.51 Å². The maximum Gasteiger partial charge on any atom is 0.301 e. The summed E-state index contributed by atoms with van der Waals surface area (Å²) >= 11 is 2.56. The van der Waals surface area contributed by atoms with E-state index in [1.807, 2.05) is 49.4 Å². The molecule has 40 heavy (non-hydrogen) atoms. The highest BCUT2D eigenvalue weighted by atomic mass is 32.2. The van der Waals surface area contributed by atoms with Crippen LogP contribution >= 0.6 is 23.1 Å². The third kappa shape index (κ3) is 4.37. The summed E-state index contributed by atoms with van der Waals surface area (Å²) < 4.78 is 17.6. The zero-order valence-corrected chi connectivity index (χ0v) is 23.0. The number of aliphatic hydroxyl groups is 1. The number of hydrogen-bond donors (Lipinski definition) is 1. The van der Waals surface area contributed by atoms with E-state index >= 15 is 4.39 Å². The zero-order valence-electron chi connectivity index (χ0n) is 21.4. The van der Waals surface area contributed by atoms with E-state index in [-0.39, 0.29) is 22.0 Å². The van der Waals surface area contributed by atoms with Crippen LogP contribution in [0.15, 0.2) is 82.8 Å². The Morgan fingerprint density at radius 2 is 1.77 bits per heavy atom. The van der Waals surface area contributed by atoms with Gasteiger partial charge in [0.25, 0.3) is 5.78 Å². The molecule has 0 aliphatic carbocycles. The summed E-state index contributed by atoms with van der Waals surface area (Å²) in [5, 5.41) is 20.1. The van der Waals surface area contributed by atoms with Gasteiger partial charge in [-0.1, -0.05) is 77.7 Å². The zero-order chi connectivity index (χ0) is 28.0. The van der Waals surface area contributed by atoms with Crippen molar-refractivity contribution in [1.82, 2.24) is 19.6 Å². The molecule has 1 amide bonds. The first-order valence-electron chi connectivity index (χ1n) is 12.4. The number of thioether (sulfide) groups is 1. The van der Waals surface area contributed by atoms with Gasteiger partial charge in [0.2, 0.25) is 5.13 Å². The molecule has 200 valence electrons. The van der Waals surface area contributed by atoms with Crippen molar-refractivity contribution in [3.63, 3.8) is 0 Å². The molecule has 0 bridgehead atoms. The van der Waals surface area contributed by atoms with Gasteiger partial charge in [0.15, 0.2) is 10.1 Å². The molecule has 1 fully saturated rings. The predicted molar refractivity (Wildman–Crippen MR) is 152 cm³/mol. The first kappa shape index (κ1) is 25.9. The minimum atomic E-state index is -1.26. The van der Waals surface area contributed by atoms with Crippen molar-refractivity contribution in [1.29, 1.82) is 0 Å². The summed E-state index contributed by atoms with van der Waals surface area (Å²) in [5.41, 5.74) is 3.07. The van der Waals surface area contributed by atoms with E-state index in [2.05, 4.69) is 15.2 Å². The number of aliphatic hydroxyl groups excluding tert-OH is 1. The molecule has 3 aromatic heterocycles. The fraction of sp³-hybridized carbons (Fsp3) is 0.138. The number of imidazole rings is 1. The van der Waals surface area contributed by atoms with Crippen molar-refractivity contribution < 1.29 is 19.1 Å². The van der Waals surface area contributed by atoms with Crippen molar-refractivity contribution in [2.24, 2.45) is 0 Å². The standard InChI is InChI=1S/C29H22FN5O3S2/c1-16-9-8-14-34-17(2)22(31-26(16)34)24(36)21-23(19-12-6-7-13-20(19)30)35(27(38)25(21)37)28-32-33-29(40-28)39-15-18-10-4-3-5-11-18/h3-14,23,36H,15H2,1-2H3. The van der Waals surface area contributed by atoms with Crippen LogP contribution < -0.4 is 4.90 Å². The molecule has 1 unspecified atom stereocenters. The van der Waals surface area contributed by atoms with Gasteiger partial charge in [-0.2, -0.15) is 0 Å². The number of anilines is 1. The molecule has 0 saturated carbocycles. The van der Waals surface area contributed by atoms with Gasteiger partial charge in [0.05, 0.1) is 11.3 Å². The number of amides is 1. The maximum absolute atomic E-state index is 15.2. The van der Waals surface area contributed by atoms with Crippen molar-refractivity contribution >= 4 is 51.3 Å². The third-order valence-corrected chi connectivity index (χ3v) is 8.89. The number of hydrogen-bond acceptors (Lipinski definition) is 8. The molecule has 0 spiro atoms. The monoisotopic (exact) mass is 571 g/mol. The van der Waals surface area contributed by atoms with Crippen LogP contribution in [0.3, 0.4) is 0 Å². The van der Waals surface area contributed by atoms with Crippen molar-refractivity contribution in [2.45, 2.75) is 30.0 Å². The molecule has 1 saturated heterocycles. The number of carbonyl (C=O) groups excluding carboxylic acids is 2. The topological polar surface area (TPSA) is 101 Å². The summed E-state index contributed by atoms with van der Waals surface area (Å²) in [6.07, 6.45) is 1.80. The van der Waals surface area contributed by atoms with E-state index in [1.54, 1.807) is 23.6 Å². The minimum absolute atomic E-state index is 0.0505. The number of aromatic nitrogens is 4. The highest BCUT2D eigenvalue weighted by molar-refractivity contribution is 8.00. The highest BCUT2D eigenvalue weighted by Gasteiger charge is 2.49. The molecular weight excluding hydrogens is 549 g/mol. The van der Waals surface area contributed by atoms with E-state index in [4.69, 9.17) is 0 Å². The lowest BCUT2D eigenvalue weighted by Crippen LogP contribution is -2.29. The van der Waals surface area contributed by atoms with Crippen LogP contribution in [-0.4, -0.2) is 36.4 Å². The lowest BCUT2D eigenvalue weighted by molar-refractivity contribution is -0.132. The minimum Gasteiger partial charge on any atom is -0.505 e. The maximum atomic E-state index is 15.2. The highest BCUT2D eigenvalue weighted by Crippen LogP contribution is 2.44. The molecule has 5 aromatic rings. The van der Waals surface area contributed by atoms with Gasteiger partial charge in [-0.05, 0) is 37.1 Å². The van der Waals surface area contributed by atoms with Crippen LogP contribution in [0, 0.1) is 19.7 Å².